The molecule has 0 aliphatic carbocycles. The van der Waals surface area contributed by atoms with Crippen LogP contribution in [0.1, 0.15) is 0 Å². The van der Waals surface area contributed by atoms with Gasteiger partial charge in [0.2, 0.25) is 0 Å². The van der Waals surface area contributed by atoms with E-state index in [4.69, 9.17) is 0 Å². The second-order valence-electron chi connectivity index (χ2n) is 0.676. The minimum atomic E-state index is 0. The Bertz CT molecular complexity index is 73.8. The second kappa shape index (κ2) is 10.8. The summed E-state index contributed by atoms with van der Waals surface area (Å²) in [5.74, 6) is 0. The Morgan fingerprint density at radius 1 is 1.25 bits per heavy atom. The molecule has 42 valence electrons. The quantitative estimate of drug-likeness (QED) is 0.431. The molecular formula is C3H3Br2MgNO. The van der Waals surface area contributed by atoms with Crippen molar-refractivity contribution in [2.75, 3.05) is 0 Å². The van der Waals surface area contributed by atoms with E-state index in [9.17, 15) is 0 Å². The molecule has 5 heteroatoms. The molecule has 0 N–H and O–H groups in total. The van der Waals surface area contributed by atoms with Gasteiger partial charge in [-0.05, 0) is 0 Å². The third kappa shape index (κ3) is 6.94. The van der Waals surface area contributed by atoms with Crippen LogP contribution in [0, 0.1) is 0 Å². The average molecular weight is 253 g/mol. The number of hydrogen-bond donors (Lipinski definition) is 0. The summed E-state index contributed by atoms with van der Waals surface area (Å²) in [5, 5.41) is 0. The Hall–Kier alpha value is 0.936. The van der Waals surface area contributed by atoms with E-state index in [1.165, 1.54) is 12.7 Å². The standard InChI is InChI=1S/C3H3NO.2BrH.Mg/c1-2-5-3-4-1;;;/h1-3H;2*1H;/q;;;+2/p-2. The smallest absolute Gasteiger partial charge is 1.00 e. The molecule has 0 atom stereocenters. The Balaban J connectivity index is -0.0000000833. The van der Waals surface area contributed by atoms with Crippen LogP contribution in [0.5, 0.6) is 0 Å². The molecule has 1 heterocycles. The minimum Gasteiger partial charge on any atom is -1.00 e. The fraction of sp³-hybridized carbons (Fsp3) is 0. The number of rotatable bonds is 0. The first kappa shape index (κ1) is 16.0. The Morgan fingerprint density at radius 2 is 1.88 bits per heavy atom. The normalized spacial score (nSPS) is 5.00. The fourth-order valence-corrected chi connectivity index (χ4v) is 0.176. The molecule has 0 radical (unpaired) electrons. The van der Waals surface area contributed by atoms with Crippen molar-refractivity contribution < 1.29 is 38.4 Å². The van der Waals surface area contributed by atoms with E-state index in [1.807, 2.05) is 0 Å². The van der Waals surface area contributed by atoms with Crippen LogP contribution in [0.4, 0.5) is 0 Å². The Morgan fingerprint density at radius 3 is 2.00 bits per heavy atom. The molecule has 0 aliphatic rings. The van der Waals surface area contributed by atoms with E-state index in [0.717, 1.165) is 0 Å². The molecule has 0 fully saturated rings. The van der Waals surface area contributed by atoms with Gasteiger partial charge in [-0.25, -0.2) is 4.98 Å². The average Bonchev–Trinajstić information content (AvgIpc) is 1.76. The molecule has 1 rings (SSSR count). The van der Waals surface area contributed by atoms with Gasteiger partial charge >= 0.3 is 23.1 Å². The molecular weight excluding hydrogens is 250 g/mol. The van der Waals surface area contributed by atoms with Gasteiger partial charge in [-0.3, -0.25) is 0 Å². The van der Waals surface area contributed by atoms with Crippen LogP contribution in [0.3, 0.4) is 0 Å². The third-order valence-electron chi connectivity index (χ3n) is 0.347. The summed E-state index contributed by atoms with van der Waals surface area (Å²) in [6.45, 7) is 0. The van der Waals surface area contributed by atoms with Crippen molar-refractivity contribution in [3.63, 3.8) is 0 Å². The summed E-state index contributed by atoms with van der Waals surface area (Å²) in [6, 6.07) is 0. The van der Waals surface area contributed by atoms with Gasteiger partial charge in [0.1, 0.15) is 6.26 Å². The van der Waals surface area contributed by atoms with Crippen molar-refractivity contribution >= 4 is 23.1 Å². The third-order valence-corrected chi connectivity index (χ3v) is 0.347. The van der Waals surface area contributed by atoms with E-state index in [1.54, 1.807) is 6.20 Å². The van der Waals surface area contributed by atoms with Crippen molar-refractivity contribution in [3.8, 4) is 0 Å². The zero-order valence-electron chi connectivity index (χ0n) is 4.05. The molecule has 0 unspecified atom stereocenters. The van der Waals surface area contributed by atoms with Crippen LogP contribution in [-0.4, -0.2) is 28.0 Å². The maximum atomic E-state index is 4.47. The monoisotopic (exact) mass is 251 g/mol. The molecule has 0 aliphatic heterocycles. The van der Waals surface area contributed by atoms with Crippen molar-refractivity contribution in [2.45, 2.75) is 0 Å². The first-order valence-electron chi connectivity index (χ1n) is 1.32. The van der Waals surface area contributed by atoms with Gasteiger partial charge in [-0.2, -0.15) is 0 Å². The van der Waals surface area contributed by atoms with Gasteiger partial charge in [0, 0.05) is 0 Å². The molecule has 1 aromatic rings. The topological polar surface area (TPSA) is 26.0 Å². The molecule has 8 heavy (non-hydrogen) atoms. The van der Waals surface area contributed by atoms with E-state index in [0.29, 0.717) is 0 Å². The minimum absolute atomic E-state index is 0. The number of oxazole rings is 1. The van der Waals surface area contributed by atoms with E-state index >= 15 is 0 Å². The molecule has 0 saturated carbocycles. The van der Waals surface area contributed by atoms with Gasteiger partial charge in [-0.15, -0.1) is 0 Å². The van der Waals surface area contributed by atoms with Gasteiger partial charge in [-0.1, -0.05) is 0 Å². The van der Waals surface area contributed by atoms with Crippen molar-refractivity contribution in [1.29, 1.82) is 0 Å². The van der Waals surface area contributed by atoms with Crippen LogP contribution in [-0.2, 0) is 0 Å². The SMILES string of the molecule is [Br-].[Br-].[Mg+2].c1cocn1. The van der Waals surface area contributed by atoms with Crippen molar-refractivity contribution in [1.82, 2.24) is 4.98 Å². The van der Waals surface area contributed by atoms with Gasteiger partial charge in [0.15, 0.2) is 6.39 Å². The van der Waals surface area contributed by atoms with Crippen LogP contribution >= 0.6 is 0 Å². The van der Waals surface area contributed by atoms with Crippen LogP contribution in [0.2, 0.25) is 0 Å². The maximum Gasteiger partial charge on any atom is 2.00 e. The maximum absolute atomic E-state index is 4.47. The summed E-state index contributed by atoms with van der Waals surface area (Å²) < 4.78 is 4.47. The van der Waals surface area contributed by atoms with E-state index in [-0.39, 0.29) is 57.0 Å². The predicted molar refractivity (Wildman–Crippen MR) is 22.3 cm³/mol. The van der Waals surface area contributed by atoms with Gasteiger partial charge in [0.25, 0.3) is 0 Å². The summed E-state index contributed by atoms with van der Waals surface area (Å²) in [7, 11) is 0. The first-order chi connectivity index (χ1) is 2.50. The van der Waals surface area contributed by atoms with Crippen LogP contribution in [0.25, 0.3) is 0 Å². The fourth-order valence-electron chi connectivity index (χ4n) is 0.176. The van der Waals surface area contributed by atoms with Crippen LogP contribution < -0.4 is 34.0 Å². The van der Waals surface area contributed by atoms with E-state index in [2.05, 4.69) is 9.40 Å². The largest absolute Gasteiger partial charge is 2.00 e. The first-order valence-corrected chi connectivity index (χ1v) is 1.32. The zero-order valence-corrected chi connectivity index (χ0v) is 8.64. The molecule has 2 nitrogen and oxygen atoms in total. The predicted octanol–water partition coefficient (Wildman–Crippen LogP) is -5.70. The van der Waals surface area contributed by atoms with Crippen molar-refractivity contribution in [3.05, 3.63) is 18.9 Å². The van der Waals surface area contributed by atoms with Crippen molar-refractivity contribution in [2.24, 2.45) is 0 Å². The number of halogens is 2. The summed E-state index contributed by atoms with van der Waals surface area (Å²) in [6.07, 6.45) is 4.47. The molecule has 0 aromatic carbocycles. The summed E-state index contributed by atoms with van der Waals surface area (Å²) in [5.41, 5.74) is 0. The molecule has 1 aromatic heterocycles. The zero-order chi connectivity index (χ0) is 3.54. The van der Waals surface area contributed by atoms with Crippen LogP contribution in [0.15, 0.2) is 23.3 Å². The van der Waals surface area contributed by atoms with Gasteiger partial charge < -0.3 is 38.4 Å². The van der Waals surface area contributed by atoms with Gasteiger partial charge in [0.05, 0.1) is 6.20 Å². The second-order valence-corrected chi connectivity index (χ2v) is 0.676. The Kier molecular flexibility index (Phi) is 21.6. The number of nitrogens with zero attached hydrogens (tertiary/aromatic N) is 1. The molecule has 0 saturated heterocycles. The van der Waals surface area contributed by atoms with E-state index < -0.39 is 0 Å². The number of aromatic nitrogens is 1. The molecule has 0 spiro atoms. The summed E-state index contributed by atoms with van der Waals surface area (Å²) in [4.78, 5) is 3.56. The summed E-state index contributed by atoms with van der Waals surface area (Å²) >= 11 is 0. The number of hydrogen-bond acceptors (Lipinski definition) is 2. The Labute approximate surface area is 84.7 Å². The molecule has 0 amide bonds. The molecule has 0 bridgehead atoms.